The third kappa shape index (κ3) is 1.90. The molecule has 0 fully saturated rings. The predicted molar refractivity (Wildman–Crippen MR) is 60.8 cm³/mol. The van der Waals surface area contributed by atoms with Crippen LogP contribution in [0.3, 0.4) is 0 Å². The summed E-state index contributed by atoms with van der Waals surface area (Å²) in [6.07, 6.45) is 6.75. The molecule has 0 aliphatic rings. The van der Waals surface area contributed by atoms with Crippen LogP contribution in [0.25, 0.3) is 22.9 Å². The number of nitrogens with zero attached hydrogens (tertiary/aromatic N) is 4. The van der Waals surface area contributed by atoms with Crippen molar-refractivity contribution in [2.24, 2.45) is 0 Å². The molecule has 82 valence electrons. The lowest BCUT2D eigenvalue weighted by atomic mass is 10.3. The lowest BCUT2D eigenvalue weighted by Gasteiger charge is -1.92. The van der Waals surface area contributed by atoms with E-state index in [1.165, 1.54) is 0 Å². The fourth-order valence-electron chi connectivity index (χ4n) is 1.44. The largest absolute Gasteiger partial charge is 0.416 e. The minimum absolute atomic E-state index is 0.456. The summed E-state index contributed by atoms with van der Waals surface area (Å²) in [5, 5.41) is 7.96. The van der Waals surface area contributed by atoms with Crippen molar-refractivity contribution in [2.75, 3.05) is 0 Å². The van der Waals surface area contributed by atoms with Gasteiger partial charge in [0.2, 0.25) is 11.8 Å². The molecule has 3 heterocycles. The molecule has 0 aliphatic carbocycles. The molecule has 0 N–H and O–H groups in total. The van der Waals surface area contributed by atoms with Crippen LogP contribution >= 0.6 is 0 Å². The van der Waals surface area contributed by atoms with Crippen LogP contribution in [0.4, 0.5) is 0 Å². The molecule has 0 aliphatic heterocycles. The van der Waals surface area contributed by atoms with Gasteiger partial charge in [0.25, 0.3) is 0 Å². The quantitative estimate of drug-likeness (QED) is 0.667. The third-order valence-electron chi connectivity index (χ3n) is 2.24. The second kappa shape index (κ2) is 4.13. The number of hydrogen-bond acceptors (Lipinski definition) is 5. The van der Waals surface area contributed by atoms with Gasteiger partial charge < -0.3 is 4.42 Å². The van der Waals surface area contributed by atoms with Crippen LogP contribution in [0.15, 0.2) is 53.5 Å². The Kier molecular flexibility index (Phi) is 2.34. The number of rotatable bonds is 2. The zero-order valence-electron chi connectivity index (χ0n) is 8.82. The fraction of sp³-hybridized carbons (Fsp3) is 0. The van der Waals surface area contributed by atoms with Gasteiger partial charge in [0, 0.05) is 24.8 Å². The first-order valence-electron chi connectivity index (χ1n) is 5.08. The van der Waals surface area contributed by atoms with E-state index in [1.54, 1.807) is 24.8 Å². The van der Waals surface area contributed by atoms with Crippen LogP contribution < -0.4 is 0 Å². The van der Waals surface area contributed by atoms with Gasteiger partial charge in [-0.15, -0.1) is 10.2 Å². The Hall–Kier alpha value is -2.56. The van der Waals surface area contributed by atoms with E-state index < -0.39 is 0 Å². The van der Waals surface area contributed by atoms with Crippen LogP contribution in [0.5, 0.6) is 0 Å². The van der Waals surface area contributed by atoms with Crippen molar-refractivity contribution < 1.29 is 4.42 Å². The van der Waals surface area contributed by atoms with Crippen LogP contribution in [-0.4, -0.2) is 20.2 Å². The highest BCUT2D eigenvalue weighted by Gasteiger charge is 2.09. The summed E-state index contributed by atoms with van der Waals surface area (Å²) in [7, 11) is 0. The van der Waals surface area contributed by atoms with E-state index in [2.05, 4.69) is 20.2 Å². The van der Waals surface area contributed by atoms with Crippen LogP contribution in [-0.2, 0) is 0 Å². The Labute approximate surface area is 97.2 Å². The second-order valence-corrected chi connectivity index (χ2v) is 3.40. The normalized spacial score (nSPS) is 10.4. The molecular formula is C12H8N4O. The van der Waals surface area contributed by atoms with E-state index in [9.17, 15) is 0 Å². The molecule has 3 aromatic heterocycles. The summed E-state index contributed by atoms with van der Waals surface area (Å²) >= 11 is 0. The van der Waals surface area contributed by atoms with Gasteiger partial charge in [-0.25, -0.2) is 0 Å². The van der Waals surface area contributed by atoms with E-state index >= 15 is 0 Å². The molecule has 0 bridgehead atoms. The number of hydrogen-bond donors (Lipinski definition) is 0. The molecule has 5 nitrogen and oxygen atoms in total. The van der Waals surface area contributed by atoms with E-state index in [0.29, 0.717) is 11.8 Å². The Bertz CT molecular complexity index is 553. The summed E-state index contributed by atoms with van der Waals surface area (Å²) in [5.41, 5.74) is 1.60. The first kappa shape index (κ1) is 9.65. The Balaban J connectivity index is 1.99. The smallest absolute Gasteiger partial charge is 0.249 e. The van der Waals surface area contributed by atoms with E-state index in [1.807, 2.05) is 24.3 Å². The second-order valence-electron chi connectivity index (χ2n) is 3.40. The summed E-state index contributed by atoms with van der Waals surface area (Å²) in [4.78, 5) is 8.01. The van der Waals surface area contributed by atoms with Crippen molar-refractivity contribution in [3.05, 3.63) is 49.1 Å². The lowest BCUT2D eigenvalue weighted by Crippen LogP contribution is -1.78. The maximum atomic E-state index is 5.55. The third-order valence-corrected chi connectivity index (χ3v) is 2.24. The van der Waals surface area contributed by atoms with Gasteiger partial charge in [-0.1, -0.05) is 0 Å². The number of pyridine rings is 2. The monoisotopic (exact) mass is 224 g/mol. The van der Waals surface area contributed by atoms with Gasteiger partial charge >= 0.3 is 0 Å². The summed E-state index contributed by atoms with van der Waals surface area (Å²) in [6.45, 7) is 0. The Morgan fingerprint density at radius 3 is 1.71 bits per heavy atom. The highest BCUT2D eigenvalue weighted by atomic mass is 16.4. The maximum Gasteiger partial charge on any atom is 0.249 e. The molecule has 0 amide bonds. The average molecular weight is 224 g/mol. The highest BCUT2D eigenvalue weighted by Crippen LogP contribution is 2.22. The first-order chi connectivity index (χ1) is 8.43. The van der Waals surface area contributed by atoms with E-state index in [-0.39, 0.29) is 0 Å². The molecule has 17 heavy (non-hydrogen) atoms. The van der Waals surface area contributed by atoms with E-state index in [0.717, 1.165) is 11.1 Å². The molecule has 0 saturated heterocycles. The molecular weight excluding hydrogens is 216 g/mol. The zero-order chi connectivity index (χ0) is 11.5. The molecule has 0 spiro atoms. The summed E-state index contributed by atoms with van der Waals surface area (Å²) < 4.78 is 5.55. The lowest BCUT2D eigenvalue weighted by molar-refractivity contribution is 0.584. The molecule has 0 aromatic carbocycles. The summed E-state index contributed by atoms with van der Waals surface area (Å²) in [6, 6.07) is 7.38. The molecule has 3 rings (SSSR count). The van der Waals surface area contributed by atoms with Crippen molar-refractivity contribution in [3.63, 3.8) is 0 Å². The van der Waals surface area contributed by atoms with Crippen molar-refractivity contribution in [2.45, 2.75) is 0 Å². The topological polar surface area (TPSA) is 64.7 Å². The highest BCUT2D eigenvalue weighted by molar-refractivity contribution is 5.55. The van der Waals surface area contributed by atoms with Gasteiger partial charge in [-0.3, -0.25) is 9.97 Å². The minimum atomic E-state index is 0.456. The van der Waals surface area contributed by atoms with Crippen molar-refractivity contribution in [1.29, 1.82) is 0 Å². The zero-order valence-corrected chi connectivity index (χ0v) is 8.82. The molecule has 3 aromatic rings. The Morgan fingerprint density at radius 1 is 0.765 bits per heavy atom. The van der Waals surface area contributed by atoms with Crippen molar-refractivity contribution in [3.8, 4) is 22.9 Å². The fourth-order valence-corrected chi connectivity index (χ4v) is 1.44. The van der Waals surface area contributed by atoms with Crippen LogP contribution in [0, 0.1) is 0 Å². The first-order valence-corrected chi connectivity index (χ1v) is 5.08. The van der Waals surface area contributed by atoms with Crippen LogP contribution in [0.2, 0.25) is 0 Å². The van der Waals surface area contributed by atoms with Crippen LogP contribution in [0.1, 0.15) is 0 Å². The van der Waals surface area contributed by atoms with Crippen molar-refractivity contribution >= 4 is 0 Å². The van der Waals surface area contributed by atoms with Crippen molar-refractivity contribution in [1.82, 2.24) is 20.2 Å². The standard InChI is InChI=1S/C12H8N4O/c1-3-9(7-13-5-1)11-15-16-12(17-11)10-4-2-6-14-8-10/h1-8H. The molecule has 0 radical (unpaired) electrons. The van der Waals surface area contributed by atoms with Gasteiger partial charge in [-0.2, -0.15) is 0 Å². The van der Waals surface area contributed by atoms with Gasteiger partial charge in [-0.05, 0) is 24.3 Å². The maximum absolute atomic E-state index is 5.55. The average Bonchev–Trinajstić information content (AvgIpc) is 2.90. The van der Waals surface area contributed by atoms with Gasteiger partial charge in [0.05, 0.1) is 11.1 Å². The summed E-state index contributed by atoms with van der Waals surface area (Å²) in [5.74, 6) is 0.911. The van der Waals surface area contributed by atoms with Gasteiger partial charge in [0.1, 0.15) is 0 Å². The molecule has 5 heteroatoms. The predicted octanol–water partition coefficient (Wildman–Crippen LogP) is 2.19. The van der Waals surface area contributed by atoms with E-state index in [4.69, 9.17) is 4.42 Å². The van der Waals surface area contributed by atoms with Gasteiger partial charge in [0.15, 0.2) is 0 Å². The Morgan fingerprint density at radius 2 is 1.29 bits per heavy atom. The number of aromatic nitrogens is 4. The minimum Gasteiger partial charge on any atom is -0.416 e. The molecule has 0 atom stereocenters. The molecule has 0 unspecified atom stereocenters. The SMILES string of the molecule is c1cncc(-c2nnc(-c3cccnc3)o2)c1. The molecule has 0 saturated carbocycles.